The van der Waals surface area contributed by atoms with Crippen LogP contribution < -0.4 is 14.9 Å². The minimum absolute atomic E-state index is 0.102. The number of ether oxygens (including phenoxy) is 1. The molecule has 1 saturated heterocycles. The number of nitrogens with zero attached hydrogens (tertiary/aromatic N) is 6. The Bertz CT molecular complexity index is 2690. The van der Waals surface area contributed by atoms with E-state index >= 15 is 4.79 Å². The molecule has 13 nitrogen and oxygen atoms in total. The Balaban J connectivity index is 1.08. The van der Waals surface area contributed by atoms with Gasteiger partial charge in [0, 0.05) is 55.8 Å². The van der Waals surface area contributed by atoms with Gasteiger partial charge in [0.1, 0.15) is 0 Å². The van der Waals surface area contributed by atoms with Crippen molar-refractivity contribution in [1.82, 2.24) is 4.90 Å². The number of carbonyl (C=O) groups is 4. The summed E-state index contributed by atoms with van der Waals surface area (Å²) in [5.74, 6) is -1.51. The lowest BCUT2D eigenvalue weighted by molar-refractivity contribution is -0.150. The minimum atomic E-state index is -3.19. The van der Waals surface area contributed by atoms with E-state index in [9.17, 15) is 24.3 Å². The molecule has 5 aromatic carbocycles. The van der Waals surface area contributed by atoms with Crippen molar-refractivity contribution in [2.75, 3.05) is 28.1 Å². The first-order valence-corrected chi connectivity index (χ1v) is 25.7. The Morgan fingerprint density at radius 3 is 1.85 bits per heavy atom. The van der Waals surface area contributed by atoms with Gasteiger partial charge in [-0.05, 0) is 65.7 Å². The van der Waals surface area contributed by atoms with Crippen molar-refractivity contribution in [1.29, 1.82) is 0 Å². The van der Waals surface area contributed by atoms with Gasteiger partial charge in [0.25, 0.3) is 5.91 Å². The van der Waals surface area contributed by atoms with Crippen molar-refractivity contribution < 1.29 is 33.8 Å². The van der Waals surface area contributed by atoms with Gasteiger partial charge in [0.05, 0.1) is 54.2 Å². The van der Waals surface area contributed by atoms with Crippen LogP contribution in [0, 0.1) is 5.92 Å². The van der Waals surface area contributed by atoms with Gasteiger partial charge >= 0.3 is 0 Å². The first kappa shape index (κ1) is 44.6. The highest BCUT2D eigenvalue weighted by Gasteiger charge is 2.66. The van der Waals surface area contributed by atoms with E-state index in [2.05, 4.69) is 0 Å². The molecule has 1 fully saturated rings. The molecule has 0 aliphatic carbocycles. The van der Waals surface area contributed by atoms with Crippen LogP contribution >= 0.6 is 0 Å². The molecule has 4 atom stereocenters. The van der Waals surface area contributed by atoms with Crippen LogP contribution in [-0.2, 0) is 42.6 Å². The summed E-state index contributed by atoms with van der Waals surface area (Å²) in [7, 11) is -3.19. The maximum atomic E-state index is 15.5. The molecular formula is C52H54N6O7Si. The Hall–Kier alpha value is -6.58. The maximum absolute atomic E-state index is 15.5. The fourth-order valence-corrected chi connectivity index (χ4v) is 12.7. The third-order valence-electron chi connectivity index (χ3n) is 13.3. The molecule has 2 N–H and O–H groups in total. The van der Waals surface area contributed by atoms with Gasteiger partial charge in [-0.2, -0.15) is 10.2 Å². The third-order valence-corrected chi connectivity index (χ3v) is 15.8. The van der Waals surface area contributed by atoms with Crippen molar-refractivity contribution >= 4 is 60.4 Å². The Morgan fingerprint density at radius 2 is 1.29 bits per heavy atom. The Kier molecular flexibility index (Phi) is 12.4. The summed E-state index contributed by atoms with van der Waals surface area (Å²) < 4.78 is 7.11. The van der Waals surface area contributed by atoms with Gasteiger partial charge in [-0.1, -0.05) is 110 Å². The van der Waals surface area contributed by atoms with E-state index in [0.29, 0.717) is 41.9 Å². The summed E-state index contributed by atoms with van der Waals surface area (Å²) >= 11 is 0. The first-order valence-electron chi connectivity index (χ1n) is 22.7. The summed E-state index contributed by atoms with van der Waals surface area (Å²) in [6, 6.07) is 41.9. The van der Waals surface area contributed by atoms with Crippen LogP contribution in [0.5, 0.6) is 0 Å². The van der Waals surface area contributed by atoms with Crippen molar-refractivity contribution in [2.45, 2.75) is 82.5 Å². The molecule has 1 spiro atoms. The lowest BCUT2D eigenvalue weighted by Gasteiger charge is -2.33. The highest BCUT2D eigenvalue weighted by molar-refractivity contribution is 6.71. The zero-order valence-electron chi connectivity index (χ0n) is 37.4. The fraction of sp³-hybridized carbons (Fsp3) is 0.308. The first-order chi connectivity index (χ1) is 31.8. The lowest BCUT2D eigenvalue weighted by Crippen LogP contribution is -2.46. The monoisotopic (exact) mass is 902 g/mol. The number of benzene rings is 5. The summed E-state index contributed by atoms with van der Waals surface area (Å²) in [5, 5.41) is 22.4. The number of hydrazone groups is 2. The highest BCUT2D eigenvalue weighted by atomic mass is 28.4. The van der Waals surface area contributed by atoms with Crippen molar-refractivity contribution in [3.05, 3.63) is 161 Å². The zero-order chi connectivity index (χ0) is 46.2. The number of amides is 4. The van der Waals surface area contributed by atoms with Crippen LogP contribution in [-0.4, -0.2) is 77.4 Å². The van der Waals surface area contributed by atoms with Gasteiger partial charge < -0.3 is 24.4 Å². The maximum Gasteiger partial charge on any atom is 0.264 e. The van der Waals surface area contributed by atoms with Gasteiger partial charge in [0.15, 0.2) is 13.9 Å². The summed E-state index contributed by atoms with van der Waals surface area (Å²) in [6.45, 7) is 5.82. The van der Waals surface area contributed by atoms with Crippen LogP contribution in [0.1, 0.15) is 66.8 Å². The van der Waals surface area contributed by atoms with E-state index in [4.69, 9.17) is 14.9 Å². The Morgan fingerprint density at radius 1 is 0.742 bits per heavy atom. The second-order valence-corrected chi connectivity index (χ2v) is 22.1. The molecule has 0 aromatic heterocycles. The molecule has 4 heterocycles. The van der Waals surface area contributed by atoms with Crippen LogP contribution in [0.15, 0.2) is 144 Å². The van der Waals surface area contributed by atoms with Gasteiger partial charge in [0.2, 0.25) is 17.7 Å². The summed E-state index contributed by atoms with van der Waals surface area (Å²) in [6.07, 6.45) is 0.631. The topological polar surface area (TPSA) is 156 Å². The highest BCUT2D eigenvalue weighted by Crippen LogP contribution is 2.60. The SMILES string of the molecule is C[C@@H]1[C@@H]([Si](C)(C)O)[C@H](CC(=O)N(CCO)Cc2ccccc2)O[C@@]12C(=O)N(Cc1ccc(N3N=C(c4ccccc4)CCC3=O)cc1)c1ccc(N3N=C(c4ccccc4)CCC3=O)cc12. The molecule has 14 heteroatoms. The van der Waals surface area contributed by atoms with Crippen molar-refractivity contribution in [3.63, 3.8) is 0 Å². The van der Waals surface area contributed by atoms with E-state index < -0.39 is 31.5 Å². The number of carbonyl (C=O) groups excluding carboxylic acids is 4. The van der Waals surface area contributed by atoms with Gasteiger partial charge in [-0.3, -0.25) is 19.2 Å². The number of anilines is 3. The molecule has 338 valence electrons. The predicted molar refractivity (Wildman–Crippen MR) is 256 cm³/mol. The number of rotatable bonds is 13. The number of hydrogen-bond acceptors (Lipinski definition) is 9. The van der Waals surface area contributed by atoms with E-state index in [1.807, 2.05) is 147 Å². The smallest absolute Gasteiger partial charge is 0.264 e. The molecule has 66 heavy (non-hydrogen) atoms. The number of fused-ring (bicyclic) bond motifs is 2. The fourth-order valence-electron chi connectivity index (χ4n) is 10.2. The van der Waals surface area contributed by atoms with Crippen molar-refractivity contribution in [2.24, 2.45) is 16.1 Å². The molecule has 4 amide bonds. The average Bonchev–Trinajstić information content (AvgIpc) is 3.75. The largest absolute Gasteiger partial charge is 0.432 e. The van der Waals surface area contributed by atoms with Gasteiger partial charge in [-0.15, -0.1) is 0 Å². The molecule has 4 aliphatic heterocycles. The number of aliphatic hydroxyl groups is 1. The number of aliphatic hydroxyl groups excluding tert-OH is 1. The molecule has 9 rings (SSSR count). The summed E-state index contributed by atoms with van der Waals surface area (Å²) in [4.78, 5) is 72.0. The predicted octanol–water partition coefficient (Wildman–Crippen LogP) is 7.50. The van der Waals surface area contributed by atoms with E-state index in [0.717, 1.165) is 33.7 Å². The molecule has 4 aliphatic rings. The van der Waals surface area contributed by atoms with Crippen LogP contribution in [0.4, 0.5) is 17.1 Å². The molecule has 0 unspecified atom stereocenters. The van der Waals surface area contributed by atoms with Crippen molar-refractivity contribution in [3.8, 4) is 0 Å². The average molecular weight is 903 g/mol. The third kappa shape index (κ3) is 8.52. The molecular weight excluding hydrogens is 849 g/mol. The van der Waals surface area contributed by atoms with E-state index in [1.165, 1.54) is 10.0 Å². The standard InChI is InChI=1S/C52H54N6O7Si/c1-35-50(66(2,3)64)46(32-49(62)55(29-30-59)33-36-13-7-4-8-14-36)65-52(35)42-31-41(58-48(61)28-25-44(54-58)39-17-11-6-12-18-39)23-26-45(42)56(51(52)63)34-37-19-21-40(22-20-37)57-47(60)27-24-43(53-57)38-15-9-5-10-16-38/h4-23,26,31,35,46,50,59,64H,24-25,27-30,32-34H2,1-3H3/t35-,46+,50-,52+/m1/s1. The van der Waals surface area contributed by atoms with Crippen LogP contribution in [0.25, 0.3) is 0 Å². The second kappa shape index (κ2) is 18.4. The second-order valence-electron chi connectivity index (χ2n) is 18.1. The number of hydrogen-bond donors (Lipinski definition) is 2. The van der Waals surface area contributed by atoms with Crippen LogP contribution in [0.2, 0.25) is 18.6 Å². The Labute approximate surface area is 385 Å². The van der Waals surface area contributed by atoms with E-state index in [-0.39, 0.29) is 62.7 Å². The molecule has 0 bridgehead atoms. The molecule has 5 aromatic rings. The lowest BCUT2D eigenvalue weighted by atomic mass is 9.82. The van der Waals surface area contributed by atoms with Crippen LogP contribution in [0.3, 0.4) is 0 Å². The van der Waals surface area contributed by atoms with Gasteiger partial charge in [-0.25, -0.2) is 10.0 Å². The molecule has 0 saturated carbocycles. The van der Waals surface area contributed by atoms with E-state index in [1.54, 1.807) is 15.9 Å². The molecule has 0 radical (unpaired) electrons. The zero-order valence-corrected chi connectivity index (χ0v) is 38.4. The summed E-state index contributed by atoms with van der Waals surface area (Å²) in [5.41, 5.74) is 5.13. The quantitative estimate of drug-likeness (QED) is 0.116. The normalized spacial score (nSPS) is 21.9. The minimum Gasteiger partial charge on any atom is -0.432 e.